The number of carbonyl (C=O) groups is 1. The Morgan fingerprint density at radius 1 is 1.08 bits per heavy atom. The van der Waals surface area contributed by atoms with Crippen LogP contribution in [0.4, 0.5) is 0 Å². The molecule has 2 aromatic carbocycles. The van der Waals surface area contributed by atoms with Gasteiger partial charge in [-0.3, -0.25) is 4.79 Å². The number of amides is 1. The molecule has 0 saturated carbocycles. The molecule has 0 aromatic heterocycles. The van der Waals surface area contributed by atoms with Crippen molar-refractivity contribution in [1.82, 2.24) is 10.2 Å². The van der Waals surface area contributed by atoms with Crippen LogP contribution in [-0.2, 0) is 11.2 Å². The summed E-state index contributed by atoms with van der Waals surface area (Å²) >= 11 is 0. The number of hydrogen-bond acceptors (Lipinski definition) is 3. The maximum atomic E-state index is 12.1. The summed E-state index contributed by atoms with van der Waals surface area (Å²) in [7, 11) is 4.02. The van der Waals surface area contributed by atoms with Crippen molar-refractivity contribution in [2.24, 2.45) is 0 Å². The minimum atomic E-state index is -0.108. The van der Waals surface area contributed by atoms with Crippen LogP contribution < -0.4 is 10.1 Å². The van der Waals surface area contributed by atoms with E-state index in [1.165, 1.54) is 5.56 Å². The molecule has 1 N–H and O–H groups in total. The molecule has 0 fully saturated rings. The summed E-state index contributed by atoms with van der Waals surface area (Å²) in [5.74, 6) is 0.672. The van der Waals surface area contributed by atoms with Gasteiger partial charge in [0.05, 0.1) is 6.04 Å². The number of benzene rings is 2. The lowest BCUT2D eigenvalue weighted by Crippen LogP contribution is -2.36. The number of hydrogen-bond donors (Lipinski definition) is 1. The van der Waals surface area contributed by atoms with Crippen molar-refractivity contribution >= 4 is 5.91 Å². The van der Waals surface area contributed by atoms with E-state index in [1.807, 2.05) is 56.6 Å². The number of nitrogens with zero attached hydrogens (tertiary/aromatic N) is 1. The van der Waals surface area contributed by atoms with Gasteiger partial charge in [-0.25, -0.2) is 0 Å². The third-order valence-electron chi connectivity index (χ3n) is 4.01. The van der Waals surface area contributed by atoms with Crippen LogP contribution in [0.3, 0.4) is 0 Å². The number of rotatable bonds is 8. The molecular weight excluding hydrogens is 300 g/mol. The summed E-state index contributed by atoms with van der Waals surface area (Å²) < 4.78 is 5.66. The van der Waals surface area contributed by atoms with Gasteiger partial charge in [0.25, 0.3) is 5.91 Å². The quantitative estimate of drug-likeness (QED) is 0.811. The molecule has 4 nitrogen and oxygen atoms in total. The zero-order valence-corrected chi connectivity index (χ0v) is 14.7. The van der Waals surface area contributed by atoms with E-state index in [0.29, 0.717) is 6.54 Å². The molecule has 0 saturated heterocycles. The van der Waals surface area contributed by atoms with Crippen molar-refractivity contribution < 1.29 is 9.53 Å². The highest BCUT2D eigenvalue weighted by Crippen LogP contribution is 2.18. The summed E-state index contributed by atoms with van der Waals surface area (Å²) in [6.45, 7) is 2.66. The molecule has 2 rings (SSSR count). The van der Waals surface area contributed by atoms with Gasteiger partial charge in [-0.05, 0) is 37.7 Å². The van der Waals surface area contributed by atoms with Crippen molar-refractivity contribution in [3.05, 3.63) is 65.7 Å². The second kappa shape index (κ2) is 9.08. The highest BCUT2D eigenvalue weighted by Gasteiger charge is 2.15. The topological polar surface area (TPSA) is 41.6 Å². The third kappa shape index (κ3) is 5.10. The van der Waals surface area contributed by atoms with Crippen LogP contribution in [0.1, 0.15) is 24.1 Å². The molecule has 1 atom stereocenters. The van der Waals surface area contributed by atoms with E-state index in [0.717, 1.165) is 17.7 Å². The monoisotopic (exact) mass is 326 g/mol. The van der Waals surface area contributed by atoms with E-state index < -0.39 is 0 Å². The molecule has 0 aliphatic carbocycles. The smallest absolute Gasteiger partial charge is 0.258 e. The van der Waals surface area contributed by atoms with Gasteiger partial charge in [0.15, 0.2) is 6.61 Å². The first-order valence-corrected chi connectivity index (χ1v) is 8.30. The van der Waals surface area contributed by atoms with Gasteiger partial charge in [-0.1, -0.05) is 55.5 Å². The number of nitrogens with one attached hydrogen (secondary N) is 1. The predicted molar refractivity (Wildman–Crippen MR) is 97.2 cm³/mol. The third-order valence-corrected chi connectivity index (χ3v) is 4.01. The van der Waals surface area contributed by atoms with Crippen LogP contribution in [0.25, 0.3) is 0 Å². The Bertz CT molecular complexity index is 641. The molecule has 0 heterocycles. The molecule has 0 radical (unpaired) electrons. The first kappa shape index (κ1) is 18.0. The minimum absolute atomic E-state index is 0.0337. The van der Waals surface area contributed by atoms with Crippen LogP contribution in [0.2, 0.25) is 0 Å². The van der Waals surface area contributed by atoms with Gasteiger partial charge >= 0.3 is 0 Å². The Balaban J connectivity index is 1.87. The van der Waals surface area contributed by atoms with E-state index >= 15 is 0 Å². The second-order valence-corrected chi connectivity index (χ2v) is 5.94. The van der Waals surface area contributed by atoms with Crippen LogP contribution in [0, 0.1) is 0 Å². The fraction of sp³-hybridized carbons (Fsp3) is 0.350. The number of likely N-dealkylation sites (N-methyl/N-ethyl adjacent to an activating group) is 1. The fourth-order valence-corrected chi connectivity index (χ4v) is 2.62. The summed E-state index contributed by atoms with van der Waals surface area (Å²) in [5, 5.41) is 2.96. The lowest BCUT2D eigenvalue weighted by atomic mass is 10.1. The largest absolute Gasteiger partial charge is 0.483 e. The molecule has 24 heavy (non-hydrogen) atoms. The average molecular weight is 326 g/mol. The zero-order valence-electron chi connectivity index (χ0n) is 14.7. The van der Waals surface area contributed by atoms with Gasteiger partial charge in [-0.2, -0.15) is 0 Å². The molecule has 4 heteroatoms. The molecule has 128 valence electrons. The van der Waals surface area contributed by atoms with Gasteiger partial charge in [-0.15, -0.1) is 0 Å². The van der Waals surface area contributed by atoms with E-state index in [9.17, 15) is 4.79 Å². The van der Waals surface area contributed by atoms with Crippen LogP contribution >= 0.6 is 0 Å². The van der Waals surface area contributed by atoms with E-state index in [2.05, 4.69) is 29.3 Å². The maximum absolute atomic E-state index is 12.1. The van der Waals surface area contributed by atoms with Crippen molar-refractivity contribution in [2.45, 2.75) is 19.4 Å². The number of para-hydroxylation sites is 1. The standard InChI is InChI=1S/C20H26N2O2/c1-4-16-10-8-9-13-19(16)24-15-20(23)21-14-18(22(2)3)17-11-6-5-7-12-17/h5-13,18H,4,14-15H2,1-3H3,(H,21,23). The van der Waals surface area contributed by atoms with Crippen molar-refractivity contribution in [1.29, 1.82) is 0 Å². The van der Waals surface area contributed by atoms with Crippen LogP contribution in [0.15, 0.2) is 54.6 Å². The predicted octanol–water partition coefficient (Wildman–Crippen LogP) is 3.05. The molecule has 0 spiro atoms. The van der Waals surface area contributed by atoms with Crippen molar-refractivity contribution in [2.75, 3.05) is 27.2 Å². The first-order chi connectivity index (χ1) is 11.6. The summed E-state index contributed by atoms with van der Waals surface area (Å²) in [4.78, 5) is 14.2. The number of carbonyl (C=O) groups excluding carboxylic acids is 1. The molecule has 1 unspecified atom stereocenters. The van der Waals surface area contributed by atoms with E-state index in [-0.39, 0.29) is 18.6 Å². The highest BCUT2D eigenvalue weighted by molar-refractivity contribution is 5.77. The van der Waals surface area contributed by atoms with Crippen molar-refractivity contribution in [3.63, 3.8) is 0 Å². The van der Waals surface area contributed by atoms with Crippen LogP contribution in [-0.4, -0.2) is 38.1 Å². The molecule has 1 amide bonds. The zero-order chi connectivity index (χ0) is 17.4. The fourth-order valence-electron chi connectivity index (χ4n) is 2.62. The molecule has 2 aromatic rings. The van der Waals surface area contributed by atoms with Gasteiger partial charge in [0.2, 0.25) is 0 Å². The lowest BCUT2D eigenvalue weighted by Gasteiger charge is -2.25. The first-order valence-electron chi connectivity index (χ1n) is 8.30. The molecule has 0 aliphatic heterocycles. The normalized spacial score (nSPS) is 12.0. The Labute approximate surface area is 144 Å². The van der Waals surface area contributed by atoms with Crippen molar-refractivity contribution in [3.8, 4) is 5.75 Å². The lowest BCUT2D eigenvalue weighted by molar-refractivity contribution is -0.123. The number of aryl methyl sites for hydroxylation is 1. The highest BCUT2D eigenvalue weighted by atomic mass is 16.5. The average Bonchev–Trinajstić information content (AvgIpc) is 2.61. The van der Waals surface area contributed by atoms with Crippen LogP contribution in [0.5, 0.6) is 5.75 Å². The summed E-state index contributed by atoms with van der Waals surface area (Å²) in [6, 6.07) is 18.1. The Kier molecular flexibility index (Phi) is 6.82. The van der Waals surface area contributed by atoms with E-state index in [1.54, 1.807) is 0 Å². The summed E-state index contributed by atoms with van der Waals surface area (Å²) in [6.07, 6.45) is 0.883. The van der Waals surface area contributed by atoms with E-state index in [4.69, 9.17) is 4.74 Å². The maximum Gasteiger partial charge on any atom is 0.258 e. The second-order valence-electron chi connectivity index (χ2n) is 5.94. The minimum Gasteiger partial charge on any atom is -0.483 e. The SMILES string of the molecule is CCc1ccccc1OCC(=O)NCC(c1ccccc1)N(C)C. The molecule has 0 aliphatic rings. The molecule has 0 bridgehead atoms. The Morgan fingerprint density at radius 2 is 1.75 bits per heavy atom. The Hall–Kier alpha value is -2.33. The van der Waals surface area contributed by atoms with Gasteiger partial charge < -0.3 is 15.0 Å². The Morgan fingerprint density at radius 3 is 2.42 bits per heavy atom. The molecular formula is C20H26N2O2. The van der Waals surface area contributed by atoms with Gasteiger partial charge in [0, 0.05) is 6.54 Å². The summed E-state index contributed by atoms with van der Waals surface area (Å²) in [5.41, 5.74) is 2.29. The number of ether oxygens (including phenoxy) is 1. The van der Waals surface area contributed by atoms with Gasteiger partial charge in [0.1, 0.15) is 5.75 Å².